The molecule has 0 bridgehead atoms. The molecular weight excluding hydrogens is 484 g/mol. The van der Waals surface area contributed by atoms with Crippen molar-refractivity contribution in [2.75, 3.05) is 13.1 Å². The quantitative estimate of drug-likeness (QED) is 0.410. The van der Waals surface area contributed by atoms with Gasteiger partial charge in [-0.3, -0.25) is 4.79 Å². The molecule has 4 aromatic rings. The topological polar surface area (TPSA) is 107 Å². The number of pyridine rings is 1. The number of nitrogens with zero attached hydrogens (tertiary/aromatic N) is 5. The predicted molar refractivity (Wildman–Crippen MR) is 142 cm³/mol. The second-order valence-corrected chi connectivity index (χ2v) is 11.3. The first-order valence-corrected chi connectivity index (χ1v) is 13.2. The molecule has 9 heteroatoms. The Labute approximate surface area is 219 Å². The monoisotopic (exact) mass is 512 g/mol. The van der Waals surface area contributed by atoms with E-state index in [-0.39, 0.29) is 12.0 Å². The number of thiazole rings is 1. The van der Waals surface area contributed by atoms with E-state index in [0.29, 0.717) is 52.2 Å². The van der Waals surface area contributed by atoms with Crippen molar-refractivity contribution >= 4 is 17.2 Å². The first kappa shape index (κ1) is 23.7. The summed E-state index contributed by atoms with van der Waals surface area (Å²) in [6, 6.07) is 15.8. The predicted octanol–water partition coefficient (Wildman–Crippen LogP) is 4.31. The van der Waals surface area contributed by atoms with Gasteiger partial charge in [0, 0.05) is 54.5 Å². The van der Waals surface area contributed by atoms with E-state index in [1.807, 2.05) is 68.1 Å². The van der Waals surface area contributed by atoms with Gasteiger partial charge in [0.1, 0.15) is 11.0 Å². The number of hydrogen-bond donors (Lipinski definition) is 1. The van der Waals surface area contributed by atoms with Crippen LogP contribution in [0.3, 0.4) is 0 Å². The van der Waals surface area contributed by atoms with E-state index in [4.69, 9.17) is 15.5 Å². The van der Waals surface area contributed by atoms with E-state index in [2.05, 4.69) is 15.0 Å². The minimum Gasteiger partial charge on any atom is -0.474 e. The second kappa shape index (κ2) is 9.00. The Morgan fingerprint density at radius 3 is 2.43 bits per heavy atom. The molecule has 1 aliphatic carbocycles. The first-order valence-electron chi connectivity index (χ1n) is 12.4. The summed E-state index contributed by atoms with van der Waals surface area (Å²) in [4.78, 5) is 33.7. The molecule has 1 saturated heterocycles. The van der Waals surface area contributed by atoms with E-state index in [1.54, 1.807) is 18.5 Å². The highest BCUT2D eigenvalue weighted by molar-refractivity contribution is 7.17. The fourth-order valence-corrected chi connectivity index (χ4v) is 5.87. The van der Waals surface area contributed by atoms with Gasteiger partial charge < -0.3 is 15.4 Å². The number of ether oxygens (including phenoxy) is 1. The van der Waals surface area contributed by atoms with Crippen LogP contribution in [-0.2, 0) is 5.54 Å². The van der Waals surface area contributed by atoms with Crippen LogP contribution in [0.4, 0.5) is 0 Å². The number of aryl methyl sites for hydroxylation is 1. The van der Waals surface area contributed by atoms with Crippen LogP contribution in [0.2, 0.25) is 0 Å². The second-order valence-electron chi connectivity index (χ2n) is 10.3. The Kier molecular flexibility index (Phi) is 5.77. The van der Waals surface area contributed by atoms with E-state index < -0.39 is 5.54 Å². The minimum absolute atomic E-state index is 0.0134. The van der Waals surface area contributed by atoms with E-state index in [9.17, 15) is 4.79 Å². The summed E-state index contributed by atoms with van der Waals surface area (Å²) in [6.45, 7) is 7.15. The highest BCUT2D eigenvalue weighted by Gasteiger charge is 2.59. The lowest BCUT2D eigenvalue weighted by atomic mass is 9.95. The first-order chi connectivity index (χ1) is 17.8. The van der Waals surface area contributed by atoms with Gasteiger partial charge in [0.05, 0.1) is 11.4 Å². The average Bonchev–Trinajstić information content (AvgIpc) is 3.22. The number of likely N-dealkylation sites (tertiary alicyclic amines) is 1. The van der Waals surface area contributed by atoms with E-state index in [1.165, 1.54) is 11.3 Å². The number of rotatable bonds is 6. The van der Waals surface area contributed by atoms with Crippen LogP contribution in [0, 0.1) is 18.8 Å². The molecule has 3 aromatic heterocycles. The van der Waals surface area contributed by atoms with Gasteiger partial charge in [0.15, 0.2) is 10.8 Å². The Bertz CT molecular complexity index is 1440. The summed E-state index contributed by atoms with van der Waals surface area (Å²) >= 11 is 1.35. The number of fused-ring (bicyclic) bond motifs is 1. The van der Waals surface area contributed by atoms with Gasteiger partial charge in [-0.2, -0.15) is 0 Å². The fraction of sp³-hybridized carbons (Fsp3) is 0.321. The van der Waals surface area contributed by atoms with Gasteiger partial charge in [-0.15, -0.1) is 11.3 Å². The van der Waals surface area contributed by atoms with Crippen LogP contribution in [0.1, 0.15) is 34.8 Å². The van der Waals surface area contributed by atoms with Gasteiger partial charge in [0.2, 0.25) is 5.88 Å². The molecule has 2 aliphatic rings. The summed E-state index contributed by atoms with van der Waals surface area (Å²) in [5, 5.41) is 0.662. The third kappa shape index (κ3) is 4.60. The van der Waals surface area contributed by atoms with Crippen LogP contribution in [0.5, 0.6) is 5.88 Å². The summed E-state index contributed by atoms with van der Waals surface area (Å²) in [5.41, 5.74) is 9.45. The third-order valence-corrected chi connectivity index (χ3v) is 8.16. The standard InChI is InChI=1S/C28H28N6O2S/c1-16-24(37-26(32-16)25-30-10-7-11-31-25)27(35)34-14-19-20(15-34)23(19)36-22-13-18(28(2,3)29)12-21(33-22)17-8-5-4-6-9-17/h4-13,19-20,23H,14-15,29H2,1-3H3/t19-,20+,23?. The third-order valence-electron chi connectivity index (χ3n) is 7.02. The molecule has 6 rings (SSSR count). The maximum Gasteiger partial charge on any atom is 0.265 e. The number of amides is 1. The Hall–Kier alpha value is -3.69. The van der Waals surface area contributed by atoms with Gasteiger partial charge in [-0.25, -0.2) is 19.9 Å². The summed E-state index contributed by atoms with van der Waals surface area (Å²) in [5.74, 6) is 1.73. The number of piperidine rings is 1. The maximum atomic E-state index is 13.3. The Balaban J connectivity index is 1.15. The molecule has 1 unspecified atom stereocenters. The van der Waals surface area contributed by atoms with Crippen molar-refractivity contribution < 1.29 is 9.53 Å². The van der Waals surface area contributed by atoms with Crippen LogP contribution in [0.25, 0.3) is 22.1 Å². The van der Waals surface area contributed by atoms with Crippen molar-refractivity contribution in [3.05, 3.63) is 77.1 Å². The SMILES string of the molecule is Cc1nc(-c2ncccn2)sc1C(=O)N1C[C@@H]2C(Oc3cc(C(C)(C)N)cc(-c4ccccc4)n3)[C@@H]2C1. The van der Waals surface area contributed by atoms with Crippen LogP contribution in [-0.4, -0.2) is 49.9 Å². The molecule has 2 N–H and O–H groups in total. The van der Waals surface area contributed by atoms with Crippen molar-refractivity contribution in [1.82, 2.24) is 24.8 Å². The molecule has 2 fully saturated rings. The molecule has 1 amide bonds. The van der Waals surface area contributed by atoms with Gasteiger partial charge in [-0.1, -0.05) is 30.3 Å². The highest BCUT2D eigenvalue weighted by Crippen LogP contribution is 2.48. The molecule has 8 nitrogen and oxygen atoms in total. The number of hydrogen-bond acceptors (Lipinski definition) is 8. The zero-order chi connectivity index (χ0) is 25.7. The average molecular weight is 513 g/mol. The lowest BCUT2D eigenvalue weighted by Crippen LogP contribution is -2.33. The maximum absolute atomic E-state index is 13.3. The van der Waals surface area contributed by atoms with E-state index in [0.717, 1.165) is 16.8 Å². The molecule has 0 radical (unpaired) electrons. The molecule has 1 aromatic carbocycles. The number of nitrogens with two attached hydrogens (primary N) is 1. The zero-order valence-electron chi connectivity index (χ0n) is 21.0. The van der Waals surface area contributed by atoms with Crippen molar-refractivity contribution in [3.63, 3.8) is 0 Å². The number of aromatic nitrogens is 4. The highest BCUT2D eigenvalue weighted by atomic mass is 32.1. The van der Waals surface area contributed by atoms with Gasteiger partial charge in [-0.05, 0) is 38.5 Å². The molecule has 37 heavy (non-hydrogen) atoms. The largest absolute Gasteiger partial charge is 0.474 e. The Morgan fingerprint density at radius 2 is 1.76 bits per heavy atom. The van der Waals surface area contributed by atoms with Crippen molar-refractivity contribution in [3.8, 4) is 28.0 Å². The van der Waals surface area contributed by atoms with Crippen LogP contribution >= 0.6 is 11.3 Å². The normalized spacial score (nSPS) is 20.5. The molecule has 3 atom stereocenters. The molecule has 0 spiro atoms. The summed E-state index contributed by atoms with van der Waals surface area (Å²) in [7, 11) is 0. The number of carbonyl (C=O) groups excluding carboxylic acids is 1. The van der Waals surface area contributed by atoms with Crippen LogP contribution in [0.15, 0.2) is 60.9 Å². The zero-order valence-corrected chi connectivity index (χ0v) is 21.8. The van der Waals surface area contributed by atoms with Gasteiger partial charge in [0.25, 0.3) is 5.91 Å². The van der Waals surface area contributed by atoms with E-state index >= 15 is 0 Å². The van der Waals surface area contributed by atoms with Crippen molar-refractivity contribution in [2.45, 2.75) is 32.4 Å². The van der Waals surface area contributed by atoms with Crippen LogP contribution < -0.4 is 10.5 Å². The minimum atomic E-state index is -0.524. The Morgan fingerprint density at radius 1 is 1.05 bits per heavy atom. The molecule has 188 valence electrons. The fourth-order valence-electron chi connectivity index (χ4n) is 4.89. The summed E-state index contributed by atoms with van der Waals surface area (Å²) in [6.07, 6.45) is 3.40. The number of benzene rings is 1. The lowest BCUT2D eigenvalue weighted by Gasteiger charge is -2.22. The van der Waals surface area contributed by atoms with Crippen molar-refractivity contribution in [2.24, 2.45) is 17.6 Å². The lowest BCUT2D eigenvalue weighted by molar-refractivity contribution is 0.0755. The van der Waals surface area contributed by atoms with Crippen molar-refractivity contribution in [1.29, 1.82) is 0 Å². The molecular formula is C28H28N6O2S. The molecule has 1 saturated carbocycles. The van der Waals surface area contributed by atoms with Gasteiger partial charge >= 0.3 is 0 Å². The molecule has 1 aliphatic heterocycles. The number of carbonyl (C=O) groups is 1. The smallest absolute Gasteiger partial charge is 0.265 e. The summed E-state index contributed by atoms with van der Waals surface area (Å²) < 4.78 is 6.38. The molecule has 4 heterocycles.